The maximum absolute atomic E-state index is 11.9. The molecule has 94 valence electrons. The van der Waals surface area contributed by atoms with Crippen molar-refractivity contribution in [3.05, 3.63) is 35.9 Å². The Morgan fingerprint density at radius 1 is 1.22 bits per heavy atom. The third-order valence-corrected chi connectivity index (χ3v) is 3.43. The van der Waals surface area contributed by atoms with Crippen LogP contribution < -0.4 is 0 Å². The van der Waals surface area contributed by atoms with Gasteiger partial charge in [-0.15, -0.1) is 0 Å². The van der Waals surface area contributed by atoms with Crippen molar-refractivity contribution in [1.29, 1.82) is 5.26 Å². The lowest BCUT2D eigenvalue weighted by Gasteiger charge is -2.23. The molecule has 1 atom stereocenters. The highest BCUT2D eigenvalue weighted by Crippen LogP contribution is 2.19. The Bertz CT molecular complexity index is 436. The topological polar surface area (TPSA) is 44.1 Å². The van der Waals surface area contributed by atoms with E-state index in [0.717, 1.165) is 31.4 Å². The van der Waals surface area contributed by atoms with Gasteiger partial charge >= 0.3 is 0 Å². The fourth-order valence-corrected chi connectivity index (χ4v) is 2.36. The highest BCUT2D eigenvalue weighted by Gasteiger charge is 2.21. The number of carbonyl (C=O) groups is 1. The number of hydrogen-bond donors (Lipinski definition) is 0. The fraction of sp³-hybridized carbons (Fsp3) is 0.467. The van der Waals surface area contributed by atoms with Gasteiger partial charge in [0, 0.05) is 19.5 Å². The summed E-state index contributed by atoms with van der Waals surface area (Å²) in [5, 5.41) is 9.28. The van der Waals surface area contributed by atoms with Crippen molar-refractivity contribution in [3.63, 3.8) is 0 Å². The Morgan fingerprint density at radius 3 is 2.72 bits per heavy atom. The fourth-order valence-electron chi connectivity index (χ4n) is 2.36. The Labute approximate surface area is 108 Å². The van der Waals surface area contributed by atoms with Crippen molar-refractivity contribution in [3.8, 4) is 6.07 Å². The first-order valence-electron chi connectivity index (χ1n) is 6.53. The lowest BCUT2D eigenvalue weighted by atomic mass is 10.00. The first-order valence-corrected chi connectivity index (χ1v) is 6.53. The van der Waals surface area contributed by atoms with Crippen molar-refractivity contribution in [2.75, 3.05) is 13.1 Å². The number of hydrogen-bond acceptors (Lipinski definition) is 2. The minimum Gasteiger partial charge on any atom is -0.341 e. The van der Waals surface area contributed by atoms with Crippen LogP contribution in [0.15, 0.2) is 30.3 Å². The highest BCUT2D eigenvalue weighted by molar-refractivity contribution is 5.76. The number of nitriles is 1. The predicted octanol–water partition coefficient (Wildman–Crippen LogP) is 2.70. The molecule has 0 spiro atoms. The van der Waals surface area contributed by atoms with E-state index in [1.807, 2.05) is 35.2 Å². The Kier molecular flexibility index (Phi) is 4.35. The zero-order valence-corrected chi connectivity index (χ0v) is 10.5. The van der Waals surface area contributed by atoms with E-state index in [1.165, 1.54) is 0 Å². The zero-order chi connectivity index (χ0) is 12.8. The number of rotatable bonds is 3. The third-order valence-electron chi connectivity index (χ3n) is 3.43. The standard InChI is InChI=1S/C15H18N2O/c16-11-14(13-7-3-1-4-8-13)12-17-10-6-2-5-9-15(17)18/h1,3-4,7-8,14H,2,5-6,9-10,12H2. The second-order valence-electron chi connectivity index (χ2n) is 4.74. The molecule has 1 unspecified atom stereocenters. The molecule has 1 fully saturated rings. The molecule has 3 nitrogen and oxygen atoms in total. The SMILES string of the molecule is N#CC(CN1CCCCCC1=O)c1ccccc1. The average molecular weight is 242 g/mol. The van der Waals surface area contributed by atoms with E-state index in [4.69, 9.17) is 0 Å². The molecule has 1 aromatic rings. The van der Waals surface area contributed by atoms with E-state index in [-0.39, 0.29) is 11.8 Å². The molecular weight excluding hydrogens is 224 g/mol. The quantitative estimate of drug-likeness (QED) is 0.818. The van der Waals surface area contributed by atoms with Gasteiger partial charge in [-0.2, -0.15) is 5.26 Å². The first kappa shape index (κ1) is 12.6. The molecule has 2 rings (SSSR count). The van der Waals surface area contributed by atoms with Crippen LogP contribution in [0, 0.1) is 11.3 Å². The van der Waals surface area contributed by atoms with Crippen molar-refractivity contribution < 1.29 is 4.79 Å². The van der Waals surface area contributed by atoms with E-state index >= 15 is 0 Å². The predicted molar refractivity (Wildman–Crippen MR) is 69.8 cm³/mol. The number of amides is 1. The van der Waals surface area contributed by atoms with E-state index in [9.17, 15) is 10.1 Å². The molecular formula is C15H18N2O. The summed E-state index contributed by atoms with van der Waals surface area (Å²) < 4.78 is 0. The van der Waals surface area contributed by atoms with Gasteiger partial charge in [-0.1, -0.05) is 36.8 Å². The van der Waals surface area contributed by atoms with Crippen LogP contribution in [0.4, 0.5) is 0 Å². The molecule has 1 aliphatic heterocycles. The second-order valence-corrected chi connectivity index (χ2v) is 4.74. The van der Waals surface area contributed by atoms with Gasteiger partial charge in [0.1, 0.15) is 0 Å². The van der Waals surface area contributed by atoms with Crippen LogP contribution in [-0.2, 0) is 4.79 Å². The monoisotopic (exact) mass is 242 g/mol. The van der Waals surface area contributed by atoms with Gasteiger partial charge in [-0.05, 0) is 18.4 Å². The van der Waals surface area contributed by atoms with Crippen molar-refractivity contribution in [2.24, 2.45) is 0 Å². The Morgan fingerprint density at radius 2 is 2.00 bits per heavy atom. The van der Waals surface area contributed by atoms with Gasteiger partial charge in [0.25, 0.3) is 0 Å². The van der Waals surface area contributed by atoms with Crippen LogP contribution in [0.3, 0.4) is 0 Å². The lowest BCUT2D eigenvalue weighted by molar-refractivity contribution is -0.130. The van der Waals surface area contributed by atoms with Gasteiger partial charge in [0.05, 0.1) is 12.0 Å². The minimum atomic E-state index is -0.215. The molecule has 0 saturated carbocycles. The summed E-state index contributed by atoms with van der Waals surface area (Å²) in [5.41, 5.74) is 0.997. The van der Waals surface area contributed by atoms with Crippen LogP contribution >= 0.6 is 0 Å². The molecule has 0 aliphatic carbocycles. The largest absolute Gasteiger partial charge is 0.341 e. The normalized spacial score (nSPS) is 17.9. The molecule has 0 bridgehead atoms. The molecule has 3 heteroatoms. The van der Waals surface area contributed by atoms with Gasteiger partial charge in [0.15, 0.2) is 0 Å². The zero-order valence-electron chi connectivity index (χ0n) is 10.5. The van der Waals surface area contributed by atoms with Gasteiger partial charge in [0.2, 0.25) is 5.91 Å². The molecule has 1 amide bonds. The first-order chi connectivity index (χ1) is 8.81. The lowest BCUT2D eigenvalue weighted by Crippen LogP contribution is -2.33. The molecule has 18 heavy (non-hydrogen) atoms. The van der Waals surface area contributed by atoms with E-state index in [1.54, 1.807) is 0 Å². The van der Waals surface area contributed by atoms with E-state index < -0.39 is 0 Å². The Balaban J connectivity index is 2.06. The maximum atomic E-state index is 11.9. The van der Waals surface area contributed by atoms with E-state index in [0.29, 0.717) is 13.0 Å². The van der Waals surface area contributed by atoms with Crippen LogP contribution in [0.2, 0.25) is 0 Å². The van der Waals surface area contributed by atoms with Crippen molar-refractivity contribution in [2.45, 2.75) is 31.6 Å². The minimum absolute atomic E-state index is 0.198. The third kappa shape index (κ3) is 3.10. The molecule has 1 saturated heterocycles. The van der Waals surface area contributed by atoms with Crippen LogP contribution in [-0.4, -0.2) is 23.9 Å². The number of benzene rings is 1. The van der Waals surface area contributed by atoms with Crippen LogP contribution in [0.5, 0.6) is 0 Å². The van der Waals surface area contributed by atoms with Crippen LogP contribution in [0.25, 0.3) is 0 Å². The van der Waals surface area contributed by atoms with E-state index in [2.05, 4.69) is 6.07 Å². The van der Waals surface area contributed by atoms with Gasteiger partial charge < -0.3 is 4.90 Å². The molecule has 1 heterocycles. The number of likely N-dealkylation sites (tertiary alicyclic amines) is 1. The van der Waals surface area contributed by atoms with Gasteiger partial charge in [-0.3, -0.25) is 4.79 Å². The summed E-state index contributed by atoms with van der Waals surface area (Å²) in [4.78, 5) is 13.8. The Hall–Kier alpha value is -1.82. The second kappa shape index (κ2) is 6.20. The molecule has 1 aliphatic rings. The number of carbonyl (C=O) groups excluding carboxylic acids is 1. The van der Waals surface area contributed by atoms with Crippen molar-refractivity contribution in [1.82, 2.24) is 4.90 Å². The summed E-state index contributed by atoms with van der Waals surface area (Å²) in [5.74, 6) is -0.0167. The summed E-state index contributed by atoms with van der Waals surface area (Å²) in [7, 11) is 0. The maximum Gasteiger partial charge on any atom is 0.222 e. The van der Waals surface area contributed by atoms with Gasteiger partial charge in [-0.25, -0.2) is 0 Å². The van der Waals surface area contributed by atoms with Crippen LogP contribution in [0.1, 0.15) is 37.2 Å². The molecule has 0 N–H and O–H groups in total. The smallest absolute Gasteiger partial charge is 0.222 e. The molecule has 0 radical (unpaired) electrons. The van der Waals surface area contributed by atoms with Crippen molar-refractivity contribution >= 4 is 5.91 Å². The molecule has 1 aromatic carbocycles. The average Bonchev–Trinajstić information content (AvgIpc) is 2.62. The molecule has 0 aromatic heterocycles. The summed E-state index contributed by atoms with van der Waals surface area (Å²) >= 11 is 0. The summed E-state index contributed by atoms with van der Waals surface area (Å²) in [6, 6.07) is 12.0. The number of nitrogens with zero attached hydrogens (tertiary/aromatic N) is 2. The highest BCUT2D eigenvalue weighted by atomic mass is 16.2. The summed E-state index contributed by atoms with van der Waals surface area (Å²) in [6.07, 6.45) is 3.79. The summed E-state index contributed by atoms with van der Waals surface area (Å²) in [6.45, 7) is 1.32.